The molecule has 0 heterocycles. The van der Waals surface area contributed by atoms with E-state index in [9.17, 15) is 27.7 Å². The SMILES string of the molecule is CC(C)(C)C(Oc1ccc(Cl)cc1[S+]([O-])c1ccc(S(C)(=O)=O)cc1)C(=O)O.O=C(OO)c1cccc(Cl)c1. The number of carboxylic acids is 1. The van der Waals surface area contributed by atoms with E-state index in [-0.39, 0.29) is 21.1 Å². The average Bonchev–Trinajstić information content (AvgIpc) is 2.86. The second-order valence-electron chi connectivity index (χ2n) is 9.19. The first-order chi connectivity index (χ1) is 18.0. The Labute approximate surface area is 239 Å². The fraction of sp³-hybridized carbons (Fsp3) is 0.231. The highest BCUT2D eigenvalue weighted by Gasteiger charge is 2.35. The molecule has 13 heteroatoms. The van der Waals surface area contributed by atoms with Crippen LogP contribution < -0.4 is 4.74 Å². The van der Waals surface area contributed by atoms with E-state index in [1.54, 1.807) is 32.9 Å². The highest BCUT2D eigenvalue weighted by Crippen LogP contribution is 2.35. The molecule has 0 bridgehead atoms. The van der Waals surface area contributed by atoms with Crippen molar-refractivity contribution in [3.8, 4) is 5.75 Å². The first-order valence-corrected chi connectivity index (χ1v) is 14.9. The quantitative estimate of drug-likeness (QED) is 0.192. The van der Waals surface area contributed by atoms with Gasteiger partial charge in [0, 0.05) is 39.0 Å². The minimum atomic E-state index is -3.38. The Balaban J connectivity index is 0.000000404. The molecule has 3 aromatic rings. The zero-order chi connectivity index (χ0) is 29.5. The van der Waals surface area contributed by atoms with Crippen LogP contribution >= 0.6 is 23.2 Å². The summed E-state index contributed by atoms with van der Waals surface area (Å²) in [6.45, 7) is 5.17. The summed E-state index contributed by atoms with van der Waals surface area (Å²) in [5.74, 6) is -1.82. The van der Waals surface area contributed by atoms with Gasteiger partial charge in [-0.15, -0.1) is 0 Å². The zero-order valence-corrected chi connectivity index (χ0v) is 24.4. The molecule has 2 atom stereocenters. The first kappa shape index (κ1) is 32.4. The number of hydrogen-bond acceptors (Lipinski definition) is 8. The molecule has 0 aliphatic rings. The summed E-state index contributed by atoms with van der Waals surface area (Å²) in [7, 11) is -3.38. The molecule has 0 radical (unpaired) electrons. The summed E-state index contributed by atoms with van der Waals surface area (Å²) in [6, 6.07) is 16.2. The molecule has 3 aromatic carbocycles. The molecule has 3 rings (SSSR count). The number of sulfone groups is 1. The standard InChI is InChI=1S/C19H21ClO6S2.C7H5ClO3/c1-19(2,3)17(18(21)22)26-15-10-5-12(20)11-16(15)27(23)13-6-8-14(9-7-13)28(4,24)25;8-6-3-1-2-5(4-6)7(9)11-10/h5-11,17H,1-4H3,(H,21,22);1-4,10H. The third-order valence-corrected chi connectivity index (χ3v) is 7.99. The number of carbonyl (C=O) groups is 2. The predicted molar refractivity (Wildman–Crippen MR) is 147 cm³/mol. The van der Waals surface area contributed by atoms with Crippen LogP contribution in [0.3, 0.4) is 0 Å². The third kappa shape index (κ3) is 9.41. The van der Waals surface area contributed by atoms with Gasteiger partial charge in [-0.2, -0.15) is 5.26 Å². The molecule has 0 saturated heterocycles. The van der Waals surface area contributed by atoms with Crippen molar-refractivity contribution in [2.24, 2.45) is 5.41 Å². The summed E-state index contributed by atoms with van der Waals surface area (Å²) in [5, 5.41) is 18.2. The third-order valence-electron chi connectivity index (χ3n) is 4.97. The van der Waals surface area contributed by atoms with Gasteiger partial charge in [-0.3, -0.25) is 4.89 Å². The molecule has 2 unspecified atom stereocenters. The van der Waals surface area contributed by atoms with E-state index in [1.807, 2.05) is 0 Å². The molecule has 0 aliphatic carbocycles. The van der Waals surface area contributed by atoms with Crippen LogP contribution in [0.5, 0.6) is 5.75 Å². The van der Waals surface area contributed by atoms with Crippen LogP contribution in [0.1, 0.15) is 31.1 Å². The number of halogens is 2. The number of aliphatic carboxylic acids is 1. The average molecular weight is 618 g/mol. The summed E-state index contributed by atoms with van der Waals surface area (Å²) in [6.07, 6.45) is -0.0857. The van der Waals surface area contributed by atoms with Gasteiger partial charge in [0.15, 0.2) is 20.5 Å². The van der Waals surface area contributed by atoms with E-state index in [2.05, 4.69) is 4.89 Å². The normalized spacial score (nSPS) is 12.9. The number of rotatable bonds is 7. The van der Waals surface area contributed by atoms with Crippen LogP contribution in [0.4, 0.5) is 0 Å². The van der Waals surface area contributed by atoms with E-state index in [4.69, 9.17) is 33.2 Å². The van der Waals surface area contributed by atoms with Gasteiger partial charge in [0.05, 0.1) is 10.5 Å². The van der Waals surface area contributed by atoms with E-state index in [0.717, 1.165) is 6.26 Å². The van der Waals surface area contributed by atoms with E-state index < -0.39 is 44.5 Å². The van der Waals surface area contributed by atoms with E-state index in [0.29, 0.717) is 14.9 Å². The summed E-state index contributed by atoms with van der Waals surface area (Å²) < 4.78 is 41.9. The smallest absolute Gasteiger partial charge is 0.372 e. The summed E-state index contributed by atoms with van der Waals surface area (Å²) in [4.78, 5) is 26.4. The first-order valence-electron chi connectivity index (χ1n) is 11.1. The molecule has 210 valence electrons. The zero-order valence-electron chi connectivity index (χ0n) is 21.3. The largest absolute Gasteiger partial charge is 0.606 e. The van der Waals surface area contributed by atoms with Crippen LogP contribution in [-0.4, -0.2) is 47.6 Å². The lowest BCUT2D eigenvalue weighted by Crippen LogP contribution is -2.39. The Kier molecular flexibility index (Phi) is 11.2. The fourth-order valence-electron chi connectivity index (χ4n) is 3.05. The maximum Gasteiger partial charge on any atom is 0.372 e. The monoisotopic (exact) mass is 616 g/mol. The molecule has 0 saturated carbocycles. The van der Waals surface area contributed by atoms with Crippen molar-refractivity contribution >= 4 is 56.2 Å². The van der Waals surface area contributed by atoms with Gasteiger partial charge in [0.1, 0.15) is 0 Å². The highest BCUT2D eigenvalue weighted by molar-refractivity contribution is 7.91. The van der Waals surface area contributed by atoms with Crippen molar-refractivity contribution in [1.82, 2.24) is 0 Å². The van der Waals surface area contributed by atoms with E-state index in [1.165, 1.54) is 54.6 Å². The number of hydrogen-bond donors (Lipinski definition) is 2. The molecule has 0 fully saturated rings. The maximum absolute atomic E-state index is 13.1. The molecule has 0 aliphatic heterocycles. The number of carbonyl (C=O) groups excluding carboxylic acids is 1. The minimum Gasteiger partial charge on any atom is -0.606 e. The molecule has 39 heavy (non-hydrogen) atoms. The van der Waals surface area contributed by atoms with Crippen molar-refractivity contribution in [3.63, 3.8) is 0 Å². The van der Waals surface area contributed by atoms with Crippen LogP contribution in [0.15, 0.2) is 81.4 Å². The van der Waals surface area contributed by atoms with Gasteiger partial charge < -0.3 is 14.4 Å². The van der Waals surface area contributed by atoms with Crippen molar-refractivity contribution < 1.29 is 42.5 Å². The lowest BCUT2D eigenvalue weighted by atomic mass is 9.89. The Hall–Kier alpha value is -2.80. The molecule has 2 N–H and O–H groups in total. The van der Waals surface area contributed by atoms with Gasteiger partial charge in [0.2, 0.25) is 11.0 Å². The van der Waals surface area contributed by atoms with Crippen LogP contribution in [0.2, 0.25) is 10.0 Å². The van der Waals surface area contributed by atoms with Crippen molar-refractivity contribution in [2.45, 2.75) is 41.6 Å². The van der Waals surface area contributed by atoms with Gasteiger partial charge in [-0.25, -0.2) is 18.0 Å². The van der Waals surface area contributed by atoms with Crippen LogP contribution in [0.25, 0.3) is 0 Å². The molecular formula is C26H26Cl2O9S2. The summed E-state index contributed by atoms with van der Waals surface area (Å²) >= 11 is 9.84. The topological polar surface area (TPSA) is 150 Å². The highest BCUT2D eigenvalue weighted by atomic mass is 35.5. The van der Waals surface area contributed by atoms with Crippen LogP contribution in [-0.2, 0) is 30.7 Å². The maximum atomic E-state index is 13.1. The van der Waals surface area contributed by atoms with Gasteiger partial charge >= 0.3 is 11.9 Å². The van der Waals surface area contributed by atoms with Gasteiger partial charge in [-0.05, 0) is 54.6 Å². The summed E-state index contributed by atoms with van der Waals surface area (Å²) in [5.41, 5.74) is -0.485. The predicted octanol–water partition coefficient (Wildman–Crippen LogP) is 5.76. The van der Waals surface area contributed by atoms with E-state index >= 15 is 0 Å². The Bertz CT molecular complexity index is 1420. The second-order valence-corrected chi connectivity index (χ2v) is 13.5. The minimum absolute atomic E-state index is 0.106. The Morgan fingerprint density at radius 1 is 0.974 bits per heavy atom. The van der Waals surface area contributed by atoms with Crippen molar-refractivity contribution in [1.29, 1.82) is 0 Å². The fourth-order valence-corrected chi connectivity index (χ4v) is 5.28. The molecule has 0 amide bonds. The second kappa shape index (κ2) is 13.5. The molecule has 0 spiro atoms. The number of benzene rings is 3. The number of ether oxygens (including phenoxy) is 1. The molecule has 9 nitrogen and oxygen atoms in total. The number of carboxylic acid groups (broad SMARTS) is 1. The molecule has 0 aromatic heterocycles. The van der Waals surface area contributed by atoms with Gasteiger partial charge in [0.25, 0.3) is 0 Å². The van der Waals surface area contributed by atoms with Crippen molar-refractivity contribution in [3.05, 3.63) is 82.3 Å². The van der Waals surface area contributed by atoms with Crippen molar-refractivity contribution in [2.75, 3.05) is 6.26 Å². The lowest BCUT2D eigenvalue weighted by molar-refractivity contribution is -0.182. The van der Waals surface area contributed by atoms with Crippen LogP contribution in [0, 0.1) is 5.41 Å². The Morgan fingerprint density at radius 3 is 2.05 bits per heavy atom. The lowest BCUT2D eigenvalue weighted by Gasteiger charge is -2.28. The molecular weight excluding hydrogens is 591 g/mol. The van der Waals surface area contributed by atoms with Gasteiger partial charge in [-0.1, -0.05) is 50.0 Å². The Morgan fingerprint density at radius 2 is 1.56 bits per heavy atom.